The number of benzene rings is 2. The summed E-state index contributed by atoms with van der Waals surface area (Å²) < 4.78 is 2.92. The molecule has 0 saturated heterocycles. The molecule has 4 rings (SSSR count). The minimum atomic E-state index is 0.178. The molecule has 0 aliphatic heterocycles. The number of aromatic hydroxyl groups is 1. The number of aromatic nitrogens is 4. The number of phenolic OH excluding ortho intramolecular Hbond substituents is 1. The van der Waals surface area contributed by atoms with Crippen molar-refractivity contribution in [2.45, 2.75) is 46.6 Å². The Labute approximate surface area is 181 Å². The predicted octanol–water partition coefficient (Wildman–Crippen LogP) is 6.39. The second kappa shape index (κ2) is 10.2. The quantitative estimate of drug-likeness (QED) is 0.360. The average Bonchev–Trinajstić information content (AvgIpc) is 3.43. The van der Waals surface area contributed by atoms with E-state index >= 15 is 0 Å². The molecule has 0 radical (unpaired) electrons. The molecule has 0 fully saturated rings. The van der Waals surface area contributed by atoms with E-state index in [2.05, 4.69) is 58.5 Å². The average molecular weight is 424 g/mol. The van der Waals surface area contributed by atoms with Gasteiger partial charge in [-0.05, 0) is 41.8 Å². The topological polar surface area (TPSA) is 75.9 Å². The first-order valence-corrected chi connectivity index (χ1v) is 11.3. The molecule has 2 aromatic heterocycles. The SMILES string of the molecule is CC.CCC(CC)C(c1ccc(Nc2nc3ccc(O)cc3s2)cc1)n1cncn1. The minimum absolute atomic E-state index is 0.178. The van der Waals surface area contributed by atoms with Crippen LogP contribution in [0.15, 0.2) is 55.1 Å². The molecular weight excluding hydrogens is 394 g/mol. The van der Waals surface area contributed by atoms with Crippen LogP contribution in [-0.2, 0) is 0 Å². The summed E-state index contributed by atoms with van der Waals surface area (Å²) in [7, 11) is 0. The largest absolute Gasteiger partial charge is 0.508 e. The van der Waals surface area contributed by atoms with Gasteiger partial charge in [0.25, 0.3) is 0 Å². The van der Waals surface area contributed by atoms with Crippen LogP contribution in [-0.4, -0.2) is 24.9 Å². The van der Waals surface area contributed by atoms with Gasteiger partial charge in [0.05, 0.1) is 16.3 Å². The maximum Gasteiger partial charge on any atom is 0.188 e. The Balaban J connectivity index is 0.00000124. The molecule has 30 heavy (non-hydrogen) atoms. The molecule has 2 heterocycles. The maximum absolute atomic E-state index is 9.62. The number of hydrogen-bond acceptors (Lipinski definition) is 6. The monoisotopic (exact) mass is 423 g/mol. The summed E-state index contributed by atoms with van der Waals surface area (Å²) in [6.45, 7) is 8.44. The zero-order valence-corrected chi connectivity index (χ0v) is 18.7. The summed E-state index contributed by atoms with van der Waals surface area (Å²) in [6, 6.07) is 13.8. The van der Waals surface area contributed by atoms with Crippen LogP contribution in [0.1, 0.15) is 52.1 Å². The fourth-order valence-electron chi connectivity index (χ4n) is 3.59. The van der Waals surface area contributed by atoms with E-state index in [1.54, 1.807) is 24.8 Å². The molecule has 1 unspecified atom stereocenters. The van der Waals surface area contributed by atoms with E-state index in [-0.39, 0.29) is 11.8 Å². The lowest BCUT2D eigenvalue weighted by Crippen LogP contribution is -2.20. The number of hydrogen-bond donors (Lipinski definition) is 2. The third kappa shape index (κ3) is 4.79. The lowest BCUT2D eigenvalue weighted by molar-refractivity contribution is 0.332. The Hall–Kier alpha value is -2.93. The van der Waals surface area contributed by atoms with Gasteiger partial charge in [0.1, 0.15) is 18.4 Å². The van der Waals surface area contributed by atoms with Crippen molar-refractivity contribution in [3.8, 4) is 5.75 Å². The summed E-state index contributed by atoms with van der Waals surface area (Å²) >= 11 is 1.52. The van der Waals surface area contributed by atoms with Crippen molar-refractivity contribution < 1.29 is 5.11 Å². The Bertz CT molecular complexity index is 1040. The molecule has 0 saturated carbocycles. The molecule has 0 bridgehead atoms. The van der Waals surface area contributed by atoms with Crippen molar-refractivity contribution in [1.82, 2.24) is 19.7 Å². The van der Waals surface area contributed by atoms with Gasteiger partial charge in [-0.25, -0.2) is 14.6 Å². The molecular formula is C23H29N5OS. The highest BCUT2D eigenvalue weighted by Crippen LogP contribution is 2.33. The number of thiazole rings is 1. The van der Waals surface area contributed by atoms with E-state index in [1.165, 1.54) is 16.9 Å². The van der Waals surface area contributed by atoms with Crippen LogP contribution in [0.4, 0.5) is 10.8 Å². The fourth-order valence-corrected chi connectivity index (χ4v) is 4.51. The molecule has 0 spiro atoms. The number of fused-ring (bicyclic) bond motifs is 1. The van der Waals surface area contributed by atoms with Gasteiger partial charge in [-0.15, -0.1) is 0 Å². The van der Waals surface area contributed by atoms with Gasteiger partial charge in [0.15, 0.2) is 5.13 Å². The third-order valence-electron chi connectivity index (χ3n) is 5.09. The molecule has 4 aromatic rings. The van der Waals surface area contributed by atoms with E-state index in [9.17, 15) is 5.11 Å². The number of anilines is 2. The summed E-state index contributed by atoms with van der Waals surface area (Å²) in [4.78, 5) is 8.71. The second-order valence-corrected chi connectivity index (χ2v) is 7.85. The summed E-state index contributed by atoms with van der Waals surface area (Å²) in [5, 5.41) is 18.2. The van der Waals surface area contributed by atoms with Crippen LogP contribution < -0.4 is 5.32 Å². The Kier molecular flexibility index (Phi) is 7.41. The van der Waals surface area contributed by atoms with Gasteiger partial charge >= 0.3 is 0 Å². The van der Waals surface area contributed by atoms with Gasteiger partial charge < -0.3 is 10.4 Å². The maximum atomic E-state index is 9.62. The molecule has 0 amide bonds. The third-order valence-corrected chi connectivity index (χ3v) is 6.03. The van der Waals surface area contributed by atoms with Crippen LogP contribution in [0.3, 0.4) is 0 Å². The summed E-state index contributed by atoms with van der Waals surface area (Å²) in [5.74, 6) is 0.755. The number of nitrogens with zero attached hydrogens (tertiary/aromatic N) is 4. The molecule has 6 nitrogen and oxygen atoms in total. The lowest BCUT2D eigenvalue weighted by atomic mass is 9.89. The molecule has 0 aliphatic carbocycles. The van der Waals surface area contributed by atoms with Gasteiger partial charge in [-0.1, -0.05) is 64.0 Å². The smallest absolute Gasteiger partial charge is 0.188 e. The van der Waals surface area contributed by atoms with Gasteiger partial charge in [0, 0.05) is 5.69 Å². The molecule has 1 atom stereocenters. The van der Waals surface area contributed by atoms with E-state index < -0.39 is 0 Å². The minimum Gasteiger partial charge on any atom is -0.508 e. The van der Waals surface area contributed by atoms with Crippen LogP contribution >= 0.6 is 11.3 Å². The van der Waals surface area contributed by atoms with Crippen molar-refractivity contribution in [3.63, 3.8) is 0 Å². The molecule has 7 heteroatoms. The highest BCUT2D eigenvalue weighted by Gasteiger charge is 2.23. The molecule has 2 N–H and O–H groups in total. The van der Waals surface area contributed by atoms with Gasteiger partial charge in [0.2, 0.25) is 0 Å². The zero-order chi connectivity index (χ0) is 21.5. The number of rotatable bonds is 7. The number of nitrogens with one attached hydrogen (secondary N) is 1. The Morgan fingerprint density at radius 3 is 2.43 bits per heavy atom. The zero-order valence-electron chi connectivity index (χ0n) is 17.9. The second-order valence-electron chi connectivity index (χ2n) is 6.81. The van der Waals surface area contributed by atoms with Crippen molar-refractivity contribution in [2.75, 3.05) is 5.32 Å². The van der Waals surface area contributed by atoms with Crippen molar-refractivity contribution >= 4 is 32.4 Å². The molecule has 158 valence electrons. The van der Waals surface area contributed by atoms with Gasteiger partial charge in [-0.3, -0.25) is 0 Å². The summed E-state index contributed by atoms with van der Waals surface area (Å²) in [5.41, 5.74) is 3.08. The lowest BCUT2D eigenvalue weighted by Gasteiger charge is -2.26. The molecule has 2 aromatic carbocycles. The first-order valence-electron chi connectivity index (χ1n) is 10.5. The summed E-state index contributed by atoms with van der Waals surface area (Å²) in [6.07, 6.45) is 5.56. The Morgan fingerprint density at radius 2 is 1.80 bits per heavy atom. The first-order chi connectivity index (χ1) is 14.7. The normalized spacial score (nSPS) is 11.9. The van der Waals surface area contributed by atoms with Gasteiger partial charge in [-0.2, -0.15) is 5.10 Å². The van der Waals surface area contributed by atoms with Crippen LogP contribution in [0, 0.1) is 5.92 Å². The van der Waals surface area contributed by atoms with Crippen molar-refractivity contribution in [1.29, 1.82) is 0 Å². The van der Waals surface area contributed by atoms with Crippen molar-refractivity contribution in [3.05, 3.63) is 60.7 Å². The van der Waals surface area contributed by atoms with E-state index in [0.717, 1.165) is 33.9 Å². The first kappa shape index (κ1) is 21.8. The molecule has 0 aliphatic rings. The van der Waals surface area contributed by atoms with Crippen LogP contribution in [0.25, 0.3) is 10.2 Å². The number of phenols is 1. The van der Waals surface area contributed by atoms with E-state index in [4.69, 9.17) is 0 Å². The van der Waals surface area contributed by atoms with E-state index in [1.807, 2.05) is 24.6 Å². The Morgan fingerprint density at radius 1 is 1.07 bits per heavy atom. The fraction of sp³-hybridized carbons (Fsp3) is 0.348. The van der Waals surface area contributed by atoms with Crippen molar-refractivity contribution in [2.24, 2.45) is 5.92 Å². The van der Waals surface area contributed by atoms with E-state index in [0.29, 0.717) is 5.92 Å². The van der Waals surface area contributed by atoms with Crippen LogP contribution in [0.5, 0.6) is 5.75 Å². The van der Waals surface area contributed by atoms with Crippen LogP contribution in [0.2, 0.25) is 0 Å². The highest BCUT2D eigenvalue weighted by molar-refractivity contribution is 7.22. The highest BCUT2D eigenvalue weighted by atomic mass is 32.1. The standard InChI is InChI=1S/C21H23N5OS.C2H6/c1-3-14(4-2)20(26-13-22-12-23-26)15-5-7-16(8-6-15)24-21-25-18-10-9-17(27)11-19(18)28-21;1-2/h5-14,20,27H,3-4H2,1-2H3,(H,24,25);1-2H3. The predicted molar refractivity (Wildman–Crippen MR) is 125 cm³/mol.